The number of alkyl carbamates (subject to hydrolysis) is 1. The summed E-state index contributed by atoms with van der Waals surface area (Å²) in [5.74, 6) is -2.20. The Hall–Kier alpha value is -3.24. The van der Waals surface area contributed by atoms with Crippen LogP contribution in [0.2, 0.25) is 0 Å². The number of benzene rings is 2. The lowest BCUT2D eigenvalue weighted by Crippen LogP contribution is -2.53. The van der Waals surface area contributed by atoms with Crippen molar-refractivity contribution < 1.29 is 33.5 Å². The van der Waals surface area contributed by atoms with Crippen LogP contribution in [0.4, 0.5) is 4.79 Å². The molecule has 2 rings (SSSR count). The summed E-state index contributed by atoms with van der Waals surface area (Å²) in [4.78, 5) is 36.3. The Morgan fingerprint density at radius 2 is 1.55 bits per heavy atom. The van der Waals surface area contributed by atoms with E-state index in [0.717, 1.165) is 5.56 Å². The fourth-order valence-corrected chi connectivity index (χ4v) is 3.69. The third-order valence-electron chi connectivity index (χ3n) is 4.22. The standard InChI is InChI=1S/C21H24N2O7S/c24-13-18(23-21(28)30-14-15-7-3-1-4-8-15)19(25)22-17(20(26)27)11-12-31(29)16-9-5-2-6-10-16/h1-10,17-18,24H,11-14H2,(H,22,25)(H,23,28)(H,26,27)/t17-,18+,31-/m1/s1. The molecular weight excluding hydrogens is 424 g/mol. The highest BCUT2D eigenvalue weighted by molar-refractivity contribution is 7.85. The summed E-state index contributed by atoms with van der Waals surface area (Å²) >= 11 is 0. The number of aliphatic carboxylic acids is 1. The lowest BCUT2D eigenvalue weighted by molar-refractivity contribution is -0.142. The van der Waals surface area contributed by atoms with Gasteiger partial charge in [0.15, 0.2) is 0 Å². The number of ether oxygens (including phenoxy) is 1. The van der Waals surface area contributed by atoms with E-state index in [1.165, 1.54) is 0 Å². The Bertz CT molecular complexity index is 893. The number of carbonyl (C=O) groups excluding carboxylic acids is 2. The number of carbonyl (C=O) groups is 3. The van der Waals surface area contributed by atoms with Gasteiger partial charge in [0.25, 0.3) is 0 Å². The number of hydrogen-bond acceptors (Lipinski definition) is 6. The Kier molecular flexibility index (Phi) is 9.66. The third-order valence-corrected chi connectivity index (χ3v) is 5.62. The van der Waals surface area contributed by atoms with Gasteiger partial charge in [0.05, 0.1) is 17.4 Å². The molecule has 0 heterocycles. The van der Waals surface area contributed by atoms with Gasteiger partial charge in [-0.1, -0.05) is 48.5 Å². The van der Waals surface area contributed by atoms with E-state index in [9.17, 15) is 28.8 Å². The van der Waals surface area contributed by atoms with Gasteiger partial charge in [-0.15, -0.1) is 0 Å². The summed E-state index contributed by atoms with van der Waals surface area (Å²) in [7, 11) is -1.43. The van der Waals surface area contributed by atoms with Gasteiger partial charge in [-0.2, -0.15) is 0 Å². The van der Waals surface area contributed by atoms with Gasteiger partial charge in [0.2, 0.25) is 5.91 Å². The molecule has 0 radical (unpaired) electrons. The van der Waals surface area contributed by atoms with Crippen molar-refractivity contribution >= 4 is 28.8 Å². The zero-order valence-electron chi connectivity index (χ0n) is 16.6. The van der Waals surface area contributed by atoms with E-state index in [1.54, 1.807) is 54.6 Å². The summed E-state index contributed by atoms with van der Waals surface area (Å²) < 4.78 is 17.3. The summed E-state index contributed by atoms with van der Waals surface area (Å²) in [5, 5.41) is 23.2. The SMILES string of the molecule is O=C(N[C@@H](CO)C(=O)N[C@H](CC[S@@](=O)c1ccccc1)C(=O)O)OCc1ccccc1. The van der Waals surface area contributed by atoms with Crippen LogP contribution in [0, 0.1) is 0 Å². The van der Waals surface area contributed by atoms with E-state index in [0.29, 0.717) is 4.90 Å². The second kappa shape index (κ2) is 12.5. The minimum Gasteiger partial charge on any atom is -0.480 e. The fraction of sp³-hybridized carbons (Fsp3) is 0.286. The second-order valence-electron chi connectivity index (χ2n) is 6.49. The molecule has 0 saturated carbocycles. The van der Waals surface area contributed by atoms with E-state index < -0.39 is 47.5 Å². The van der Waals surface area contributed by atoms with Crippen LogP contribution in [0.3, 0.4) is 0 Å². The molecule has 3 atom stereocenters. The lowest BCUT2D eigenvalue weighted by atomic mass is 10.2. The molecule has 0 aliphatic heterocycles. The Morgan fingerprint density at radius 3 is 2.13 bits per heavy atom. The predicted molar refractivity (Wildman–Crippen MR) is 113 cm³/mol. The second-order valence-corrected chi connectivity index (χ2v) is 8.06. The Balaban J connectivity index is 1.86. The normalized spacial score (nSPS) is 13.5. The summed E-state index contributed by atoms with van der Waals surface area (Å²) in [6.45, 7) is -0.788. The first-order chi connectivity index (χ1) is 14.9. The highest BCUT2D eigenvalue weighted by atomic mass is 32.2. The maximum atomic E-state index is 12.3. The molecule has 9 nitrogen and oxygen atoms in total. The molecular formula is C21H24N2O7S. The summed E-state index contributed by atoms with van der Waals surface area (Å²) in [5.41, 5.74) is 0.736. The highest BCUT2D eigenvalue weighted by Crippen LogP contribution is 2.08. The molecule has 0 aliphatic rings. The Morgan fingerprint density at radius 1 is 0.935 bits per heavy atom. The van der Waals surface area contributed by atoms with Crippen molar-refractivity contribution in [2.75, 3.05) is 12.4 Å². The van der Waals surface area contributed by atoms with Gasteiger partial charge in [0.1, 0.15) is 18.7 Å². The van der Waals surface area contributed by atoms with Crippen LogP contribution < -0.4 is 10.6 Å². The van der Waals surface area contributed by atoms with Crippen molar-refractivity contribution in [3.63, 3.8) is 0 Å². The number of rotatable bonds is 11. The molecule has 2 amide bonds. The van der Waals surface area contributed by atoms with Crippen LogP contribution in [-0.4, -0.2) is 56.8 Å². The molecule has 0 unspecified atom stereocenters. The molecule has 0 saturated heterocycles. The van der Waals surface area contributed by atoms with Crippen LogP contribution >= 0.6 is 0 Å². The molecule has 4 N–H and O–H groups in total. The van der Waals surface area contributed by atoms with Crippen LogP contribution in [0.15, 0.2) is 65.6 Å². The number of nitrogens with one attached hydrogen (secondary N) is 2. The molecule has 0 fully saturated rings. The molecule has 0 spiro atoms. The van der Waals surface area contributed by atoms with Crippen molar-refractivity contribution in [2.45, 2.75) is 30.0 Å². The average Bonchev–Trinajstić information content (AvgIpc) is 2.79. The van der Waals surface area contributed by atoms with Gasteiger partial charge >= 0.3 is 12.1 Å². The van der Waals surface area contributed by atoms with Crippen LogP contribution in [-0.2, 0) is 31.7 Å². The van der Waals surface area contributed by atoms with Crippen molar-refractivity contribution in [3.05, 3.63) is 66.2 Å². The number of carboxylic acids is 1. The minimum atomic E-state index is -1.43. The van der Waals surface area contributed by atoms with Gasteiger partial charge in [0, 0.05) is 10.6 Å². The molecule has 10 heteroatoms. The molecule has 0 bridgehead atoms. The van der Waals surface area contributed by atoms with Gasteiger partial charge in [-0.05, 0) is 24.1 Å². The topological polar surface area (TPSA) is 142 Å². The smallest absolute Gasteiger partial charge is 0.408 e. The molecule has 0 aliphatic carbocycles. The third kappa shape index (κ3) is 8.19. The van der Waals surface area contributed by atoms with Crippen molar-refractivity contribution in [3.8, 4) is 0 Å². The monoisotopic (exact) mass is 448 g/mol. The number of carboxylic acid groups (broad SMARTS) is 1. The minimum absolute atomic E-state index is 0.0115. The van der Waals surface area contributed by atoms with E-state index in [4.69, 9.17) is 4.74 Å². The van der Waals surface area contributed by atoms with Crippen molar-refractivity contribution in [1.29, 1.82) is 0 Å². The number of amides is 2. The fourth-order valence-electron chi connectivity index (χ4n) is 2.55. The van der Waals surface area contributed by atoms with Crippen LogP contribution in [0.5, 0.6) is 0 Å². The molecule has 2 aromatic carbocycles. The van der Waals surface area contributed by atoms with E-state index >= 15 is 0 Å². The number of hydrogen-bond donors (Lipinski definition) is 4. The zero-order valence-corrected chi connectivity index (χ0v) is 17.4. The maximum absolute atomic E-state index is 12.3. The van der Waals surface area contributed by atoms with Crippen LogP contribution in [0.1, 0.15) is 12.0 Å². The number of aliphatic hydroxyl groups excluding tert-OH is 1. The Labute approximate surface area is 181 Å². The molecule has 166 valence electrons. The maximum Gasteiger partial charge on any atom is 0.408 e. The van der Waals surface area contributed by atoms with Gasteiger partial charge in [-0.25, -0.2) is 9.59 Å². The average molecular weight is 448 g/mol. The molecule has 31 heavy (non-hydrogen) atoms. The van der Waals surface area contributed by atoms with Gasteiger partial charge < -0.3 is 25.6 Å². The first kappa shape index (κ1) is 24.0. The zero-order chi connectivity index (χ0) is 22.6. The molecule has 0 aromatic heterocycles. The first-order valence-corrected chi connectivity index (χ1v) is 10.8. The lowest BCUT2D eigenvalue weighted by Gasteiger charge is -2.20. The summed E-state index contributed by atoms with van der Waals surface area (Å²) in [6, 6.07) is 14.7. The largest absolute Gasteiger partial charge is 0.480 e. The predicted octanol–water partition coefficient (Wildman–Crippen LogP) is 1.04. The van der Waals surface area contributed by atoms with E-state index in [1.807, 2.05) is 6.07 Å². The first-order valence-electron chi connectivity index (χ1n) is 9.45. The number of aliphatic hydroxyl groups is 1. The molecule has 2 aromatic rings. The van der Waals surface area contributed by atoms with Crippen molar-refractivity contribution in [2.24, 2.45) is 0 Å². The quantitative estimate of drug-likeness (QED) is 0.402. The highest BCUT2D eigenvalue weighted by Gasteiger charge is 2.27. The van der Waals surface area contributed by atoms with Gasteiger partial charge in [-0.3, -0.25) is 9.00 Å². The van der Waals surface area contributed by atoms with E-state index in [2.05, 4.69) is 10.6 Å². The van der Waals surface area contributed by atoms with Crippen molar-refractivity contribution in [1.82, 2.24) is 10.6 Å². The van der Waals surface area contributed by atoms with E-state index in [-0.39, 0.29) is 18.8 Å². The summed E-state index contributed by atoms with van der Waals surface area (Å²) in [6.07, 6.45) is -1.03. The van der Waals surface area contributed by atoms with Crippen LogP contribution in [0.25, 0.3) is 0 Å².